The Kier molecular flexibility index (Phi) is 6.27. The second kappa shape index (κ2) is 8.71. The van der Waals surface area contributed by atoms with Crippen molar-refractivity contribution >= 4 is 21.4 Å². The summed E-state index contributed by atoms with van der Waals surface area (Å²) >= 11 is 0. The molecule has 0 fully saturated rings. The fourth-order valence-electron chi connectivity index (χ4n) is 3.24. The minimum absolute atomic E-state index is 0.195. The summed E-state index contributed by atoms with van der Waals surface area (Å²) in [6.07, 6.45) is 0. The highest BCUT2D eigenvalue weighted by Gasteiger charge is 2.40. The van der Waals surface area contributed by atoms with Gasteiger partial charge in [-0.05, 0) is 55.8 Å². The number of rotatable bonds is 7. The van der Waals surface area contributed by atoms with Crippen LogP contribution < -0.4 is 10.1 Å². The van der Waals surface area contributed by atoms with E-state index in [0.717, 1.165) is 5.56 Å². The maximum atomic E-state index is 13.4. The molecule has 0 saturated carbocycles. The minimum atomic E-state index is -3.71. The van der Waals surface area contributed by atoms with Gasteiger partial charge in [0.15, 0.2) is 9.84 Å². The molecule has 3 rings (SSSR count). The Morgan fingerprint density at radius 1 is 0.933 bits per heavy atom. The third-order valence-electron chi connectivity index (χ3n) is 5.12. The summed E-state index contributed by atoms with van der Waals surface area (Å²) in [5.74, 6) is -0.0771. The number of anilines is 1. The number of amides is 1. The molecule has 0 spiro atoms. The smallest absolute Gasteiger partial charge is 0.235 e. The van der Waals surface area contributed by atoms with Crippen molar-refractivity contribution in [3.8, 4) is 5.75 Å². The number of methoxy groups -OCH3 is 1. The summed E-state index contributed by atoms with van der Waals surface area (Å²) in [6, 6.07) is 22.5. The topological polar surface area (TPSA) is 72.5 Å². The van der Waals surface area contributed by atoms with Gasteiger partial charge in [0.05, 0.1) is 23.2 Å². The summed E-state index contributed by atoms with van der Waals surface area (Å²) in [4.78, 5) is 13.6. The molecule has 0 aliphatic heterocycles. The molecule has 0 aromatic heterocycles. The van der Waals surface area contributed by atoms with Gasteiger partial charge in [-0.15, -0.1) is 0 Å². The quantitative estimate of drug-likeness (QED) is 0.612. The number of carbonyl (C=O) groups excluding carboxylic acids is 1. The zero-order valence-electron chi connectivity index (χ0n) is 17.3. The lowest BCUT2D eigenvalue weighted by Gasteiger charge is -2.29. The number of benzene rings is 3. The molecule has 5 nitrogen and oxygen atoms in total. The highest BCUT2D eigenvalue weighted by Crippen LogP contribution is 2.31. The van der Waals surface area contributed by atoms with Crippen LogP contribution in [0.25, 0.3) is 0 Å². The third-order valence-corrected chi connectivity index (χ3v) is 7.07. The Bertz CT molecular complexity index is 1110. The number of carbonyl (C=O) groups is 1. The molecule has 156 valence electrons. The molecule has 0 unspecified atom stereocenters. The number of nitrogens with one attached hydrogen (secondary N) is 1. The lowest BCUT2D eigenvalue weighted by molar-refractivity contribution is -0.120. The predicted octanol–water partition coefficient (Wildman–Crippen LogP) is 4.37. The van der Waals surface area contributed by atoms with E-state index >= 15 is 0 Å². The maximum absolute atomic E-state index is 13.4. The van der Waals surface area contributed by atoms with Gasteiger partial charge >= 0.3 is 0 Å². The van der Waals surface area contributed by atoms with Gasteiger partial charge < -0.3 is 10.1 Å². The molecule has 0 aliphatic rings. The fourth-order valence-corrected chi connectivity index (χ4v) is 5.03. The van der Waals surface area contributed by atoms with Crippen molar-refractivity contribution in [2.45, 2.75) is 24.2 Å². The minimum Gasteiger partial charge on any atom is -0.497 e. The fraction of sp³-hybridized carbons (Fsp3) is 0.208. The highest BCUT2D eigenvalue weighted by atomic mass is 32.2. The summed E-state index contributed by atoms with van der Waals surface area (Å²) in [5.41, 5.74) is 0.944. The first-order chi connectivity index (χ1) is 14.2. The van der Waals surface area contributed by atoms with Gasteiger partial charge in [-0.3, -0.25) is 4.79 Å². The summed E-state index contributed by atoms with van der Waals surface area (Å²) in [6.45, 7) is 3.61. The second-order valence-corrected chi connectivity index (χ2v) is 9.44. The van der Waals surface area contributed by atoms with Crippen LogP contribution in [-0.2, 0) is 20.0 Å². The van der Waals surface area contributed by atoms with E-state index in [-0.39, 0.29) is 10.6 Å². The monoisotopic (exact) mass is 423 g/mol. The first-order valence-electron chi connectivity index (χ1n) is 9.55. The molecule has 1 atom stereocenters. The Balaban J connectivity index is 1.98. The van der Waals surface area contributed by atoms with Crippen molar-refractivity contribution in [1.82, 2.24) is 0 Å². The predicted molar refractivity (Wildman–Crippen MR) is 119 cm³/mol. The van der Waals surface area contributed by atoms with Crippen LogP contribution in [0.15, 0.2) is 83.8 Å². The second-order valence-electron chi connectivity index (χ2n) is 7.45. The molecule has 1 N–H and O–H groups in total. The van der Waals surface area contributed by atoms with E-state index in [2.05, 4.69) is 5.32 Å². The SMILES string of the molecule is COc1ccc(NC(=O)[C@](C)(CS(=O)(=O)c2ccccc2)c2ccc(C)cc2)cc1. The van der Waals surface area contributed by atoms with E-state index in [0.29, 0.717) is 17.0 Å². The lowest BCUT2D eigenvalue weighted by Crippen LogP contribution is -2.43. The van der Waals surface area contributed by atoms with Crippen molar-refractivity contribution in [3.05, 3.63) is 90.0 Å². The maximum Gasteiger partial charge on any atom is 0.235 e. The molecule has 3 aromatic carbocycles. The zero-order valence-corrected chi connectivity index (χ0v) is 18.1. The third kappa shape index (κ3) is 4.71. The Morgan fingerprint density at radius 2 is 1.53 bits per heavy atom. The number of ether oxygens (including phenoxy) is 1. The van der Waals surface area contributed by atoms with Crippen LogP contribution in [-0.4, -0.2) is 27.2 Å². The Morgan fingerprint density at radius 3 is 2.10 bits per heavy atom. The van der Waals surface area contributed by atoms with Gasteiger partial charge in [0, 0.05) is 5.69 Å². The summed E-state index contributed by atoms with van der Waals surface area (Å²) in [7, 11) is -2.14. The van der Waals surface area contributed by atoms with Crippen LogP contribution in [0.3, 0.4) is 0 Å². The van der Waals surface area contributed by atoms with Crippen molar-refractivity contribution < 1.29 is 17.9 Å². The molecule has 0 bridgehead atoms. The molecule has 30 heavy (non-hydrogen) atoms. The number of aryl methyl sites for hydroxylation is 1. The molecule has 0 aliphatic carbocycles. The number of sulfone groups is 1. The van der Waals surface area contributed by atoms with E-state index in [1.807, 2.05) is 31.2 Å². The van der Waals surface area contributed by atoms with Crippen molar-refractivity contribution in [2.24, 2.45) is 0 Å². The van der Waals surface area contributed by atoms with E-state index in [1.165, 1.54) is 0 Å². The van der Waals surface area contributed by atoms with Crippen LogP contribution in [0.1, 0.15) is 18.1 Å². The first-order valence-corrected chi connectivity index (χ1v) is 11.2. The van der Waals surface area contributed by atoms with Crippen LogP contribution >= 0.6 is 0 Å². The van der Waals surface area contributed by atoms with Crippen LogP contribution in [0.2, 0.25) is 0 Å². The molecular formula is C24H25NO4S. The summed E-state index contributed by atoms with van der Waals surface area (Å²) in [5, 5.41) is 2.86. The van der Waals surface area contributed by atoms with Crippen molar-refractivity contribution in [3.63, 3.8) is 0 Å². The van der Waals surface area contributed by atoms with E-state index in [9.17, 15) is 13.2 Å². The molecule has 3 aromatic rings. The largest absolute Gasteiger partial charge is 0.497 e. The van der Waals surface area contributed by atoms with Crippen LogP contribution in [0, 0.1) is 6.92 Å². The molecule has 0 radical (unpaired) electrons. The van der Waals surface area contributed by atoms with E-state index < -0.39 is 21.2 Å². The molecule has 0 heterocycles. The number of hydrogen-bond acceptors (Lipinski definition) is 4. The van der Waals surface area contributed by atoms with Gasteiger partial charge in [-0.2, -0.15) is 0 Å². The average Bonchev–Trinajstić information content (AvgIpc) is 2.75. The van der Waals surface area contributed by atoms with Gasteiger partial charge in [0.1, 0.15) is 5.75 Å². The normalized spacial score (nSPS) is 13.3. The average molecular weight is 424 g/mol. The van der Waals surface area contributed by atoms with E-state index in [1.54, 1.807) is 68.6 Å². The molecular weight excluding hydrogens is 398 g/mol. The summed E-state index contributed by atoms with van der Waals surface area (Å²) < 4.78 is 31.4. The van der Waals surface area contributed by atoms with E-state index in [4.69, 9.17) is 4.74 Å². The van der Waals surface area contributed by atoms with Crippen LogP contribution in [0.4, 0.5) is 5.69 Å². The number of hydrogen-bond donors (Lipinski definition) is 1. The van der Waals surface area contributed by atoms with Gasteiger partial charge in [-0.1, -0.05) is 48.0 Å². The highest BCUT2D eigenvalue weighted by molar-refractivity contribution is 7.91. The Labute approximate surface area is 177 Å². The standard InChI is InChI=1S/C24H25NO4S/c1-18-9-11-19(12-10-18)24(2,17-30(27,28)22-7-5-4-6-8-22)23(26)25-20-13-15-21(29-3)16-14-20/h4-16H,17H2,1-3H3,(H,25,26)/t24-/m1/s1. The zero-order chi connectivity index (χ0) is 21.8. The molecule has 0 saturated heterocycles. The lowest BCUT2D eigenvalue weighted by atomic mass is 9.83. The first kappa shape index (κ1) is 21.6. The van der Waals surface area contributed by atoms with Gasteiger partial charge in [-0.25, -0.2) is 8.42 Å². The van der Waals surface area contributed by atoms with Crippen molar-refractivity contribution in [2.75, 3.05) is 18.2 Å². The van der Waals surface area contributed by atoms with Crippen molar-refractivity contribution in [1.29, 1.82) is 0 Å². The molecule has 6 heteroatoms. The van der Waals surface area contributed by atoms with Gasteiger partial charge in [0.2, 0.25) is 5.91 Å². The Hall–Kier alpha value is -3.12. The van der Waals surface area contributed by atoms with Crippen LogP contribution in [0.5, 0.6) is 5.75 Å². The molecule has 1 amide bonds. The van der Waals surface area contributed by atoms with Gasteiger partial charge in [0.25, 0.3) is 0 Å².